The molecule has 5 N–H and O–H groups in total. The quantitative estimate of drug-likeness (QED) is 0.291. The summed E-state index contributed by atoms with van der Waals surface area (Å²) in [4.78, 5) is 43.7. The first-order chi connectivity index (χ1) is 15.8. The Morgan fingerprint density at radius 3 is 2.45 bits per heavy atom. The summed E-state index contributed by atoms with van der Waals surface area (Å²) in [7, 11) is 3.01. The molecule has 0 bridgehead atoms. The van der Waals surface area contributed by atoms with Gasteiger partial charge in [0.05, 0.1) is 25.7 Å². The molecule has 2 aromatic carbocycles. The smallest absolute Gasteiger partial charge is 0.277 e. The Bertz CT molecular complexity index is 1230. The first-order valence-electron chi connectivity index (χ1n) is 9.73. The number of aromatic amines is 1. The number of hydrogen-bond acceptors (Lipinski definition) is 8. The van der Waals surface area contributed by atoms with Gasteiger partial charge < -0.3 is 25.8 Å². The summed E-state index contributed by atoms with van der Waals surface area (Å²) < 4.78 is 10.4. The maximum absolute atomic E-state index is 12.4. The van der Waals surface area contributed by atoms with Crippen molar-refractivity contribution in [1.82, 2.24) is 9.97 Å². The van der Waals surface area contributed by atoms with Crippen LogP contribution in [0.1, 0.15) is 15.9 Å². The molecule has 1 aromatic heterocycles. The number of methoxy groups -OCH3 is 2. The van der Waals surface area contributed by atoms with Gasteiger partial charge in [0.25, 0.3) is 11.5 Å². The predicted molar refractivity (Wildman–Crippen MR) is 127 cm³/mol. The summed E-state index contributed by atoms with van der Waals surface area (Å²) in [6.07, 6.45) is 0. The number of carbonyl (C=O) groups excluding carboxylic acids is 2. The molecule has 172 valence electrons. The largest absolute Gasteiger partial charge is 0.497 e. The fraction of sp³-hybridized carbons (Fsp3) is 0.182. The first-order valence-corrected chi connectivity index (χ1v) is 10.7. The Morgan fingerprint density at radius 2 is 1.82 bits per heavy atom. The maximum atomic E-state index is 12.4. The molecule has 0 saturated carbocycles. The molecule has 0 spiro atoms. The van der Waals surface area contributed by atoms with E-state index in [0.717, 1.165) is 17.3 Å². The molecule has 0 fully saturated rings. The number of anilines is 3. The van der Waals surface area contributed by atoms with Crippen molar-refractivity contribution in [3.05, 3.63) is 63.9 Å². The summed E-state index contributed by atoms with van der Waals surface area (Å²) in [6.45, 7) is 1.90. The lowest BCUT2D eigenvalue weighted by Crippen LogP contribution is -2.23. The van der Waals surface area contributed by atoms with E-state index in [1.165, 1.54) is 14.2 Å². The predicted octanol–water partition coefficient (Wildman–Crippen LogP) is 2.66. The lowest BCUT2D eigenvalue weighted by Gasteiger charge is -2.11. The highest BCUT2D eigenvalue weighted by Crippen LogP contribution is 2.29. The number of ether oxygens (including phenoxy) is 2. The molecule has 1 heterocycles. The number of aromatic nitrogens is 2. The summed E-state index contributed by atoms with van der Waals surface area (Å²) in [6, 6.07) is 11.8. The molecule has 0 saturated heterocycles. The number of nitrogens with one attached hydrogen (secondary N) is 3. The standard InChI is InChI=1S/C22H23N5O5S/c1-12-4-6-13(7-5-12)20(29)25-18-19(23)26-22(27-21(18)30)33-11-17(28)24-15-9-8-14(31-2)10-16(15)32-3/h4-10H,11H2,1-3H3,(H,24,28)(H,25,29)(H3,23,26,27,30). The average molecular weight is 470 g/mol. The van der Waals surface area contributed by atoms with Gasteiger partial charge in [0.15, 0.2) is 11.0 Å². The number of nitrogens with zero attached hydrogens (tertiary/aromatic N) is 1. The number of amides is 2. The number of nitrogen functional groups attached to an aromatic ring is 1. The van der Waals surface area contributed by atoms with Gasteiger partial charge in [-0.15, -0.1) is 0 Å². The highest BCUT2D eigenvalue weighted by atomic mass is 32.2. The van der Waals surface area contributed by atoms with Crippen LogP contribution in [0.2, 0.25) is 0 Å². The number of hydrogen-bond donors (Lipinski definition) is 4. The van der Waals surface area contributed by atoms with Gasteiger partial charge in [0.1, 0.15) is 17.2 Å². The van der Waals surface area contributed by atoms with E-state index in [0.29, 0.717) is 22.7 Å². The van der Waals surface area contributed by atoms with Crippen LogP contribution in [0.25, 0.3) is 0 Å². The zero-order chi connectivity index (χ0) is 24.0. The second-order valence-corrected chi connectivity index (χ2v) is 7.82. The van der Waals surface area contributed by atoms with Crippen molar-refractivity contribution in [3.8, 4) is 11.5 Å². The molecule has 0 aliphatic rings. The first kappa shape index (κ1) is 23.7. The topological polar surface area (TPSA) is 148 Å². The molecule has 0 unspecified atom stereocenters. The van der Waals surface area contributed by atoms with Gasteiger partial charge in [-0.25, -0.2) is 4.98 Å². The van der Waals surface area contributed by atoms with E-state index in [-0.39, 0.29) is 28.3 Å². The molecule has 3 aromatic rings. The molecule has 11 heteroatoms. The average Bonchev–Trinajstić information content (AvgIpc) is 2.80. The number of benzene rings is 2. The van der Waals surface area contributed by atoms with Gasteiger partial charge in [-0.3, -0.25) is 19.4 Å². The van der Waals surface area contributed by atoms with Crippen molar-refractivity contribution in [3.63, 3.8) is 0 Å². The fourth-order valence-electron chi connectivity index (χ4n) is 2.77. The van der Waals surface area contributed by atoms with Gasteiger partial charge >= 0.3 is 0 Å². The molecule has 0 atom stereocenters. The molecular weight excluding hydrogens is 446 g/mol. The van der Waals surface area contributed by atoms with Crippen LogP contribution in [-0.2, 0) is 4.79 Å². The third-order valence-electron chi connectivity index (χ3n) is 4.50. The molecule has 0 radical (unpaired) electrons. The number of thioether (sulfide) groups is 1. The minimum Gasteiger partial charge on any atom is -0.497 e. The summed E-state index contributed by atoms with van der Waals surface area (Å²) in [5.41, 5.74) is 6.95. The van der Waals surface area contributed by atoms with Gasteiger partial charge in [0, 0.05) is 11.6 Å². The zero-order valence-corrected chi connectivity index (χ0v) is 19.0. The van der Waals surface area contributed by atoms with Crippen molar-refractivity contribution < 1.29 is 19.1 Å². The minimum absolute atomic E-state index is 0.0490. The molecule has 3 rings (SSSR count). The summed E-state index contributed by atoms with van der Waals surface area (Å²) in [5, 5.41) is 5.34. The van der Waals surface area contributed by atoms with E-state index in [2.05, 4.69) is 20.6 Å². The van der Waals surface area contributed by atoms with Crippen molar-refractivity contribution in [2.75, 3.05) is 36.3 Å². The Morgan fingerprint density at radius 1 is 1.09 bits per heavy atom. The van der Waals surface area contributed by atoms with Crippen LogP contribution in [-0.4, -0.2) is 41.8 Å². The van der Waals surface area contributed by atoms with E-state index >= 15 is 0 Å². The molecule has 0 aliphatic heterocycles. The van der Waals surface area contributed by atoms with Gasteiger partial charge in [-0.05, 0) is 31.2 Å². The van der Waals surface area contributed by atoms with Gasteiger partial charge in [0.2, 0.25) is 5.91 Å². The summed E-state index contributed by atoms with van der Waals surface area (Å²) >= 11 is 0.986. The van der Waals surface area contributed by atoms with Crippen molar-refractivity contribution in [2.45, 2.75) is 12.1 Å². The van der Waals surface area contributed by atoms with Crippen molar-refractivity contribution >= 4 is 40.8 Å². The van der Waals surface area contributed by atoms with E-state index in [9.17, 15) is 14.4 Å². The van der Waals surface area contributed by atoms with Gasteiger partial charge in [-0.1, -0.05) is 29.5 Å². The van der Waals surface area contributed by atoms with Crippen LogP contribution in [0.15, 0.2) is 52.4 Å². The molecule has 0 aliphatic carbocycles. The second-order valence-electron chi connectivity index (χ2n) is 6.85. The molecule has 33 heavy (non-hydrogen) atoms. The second kappa shape index (κ2) is 10.6. The van der Waals surface area contributed by atoms with E-state index in [1.807, 2.05) is 6.92 Å². The Hall–Kier alpha value is -3.99. The third-order valence-corrected chi connectivity index (χ3v) is 5.37. The van der Waals surface area contributed by atoms with Crippen LogP contribution < -0.4 is 31.4 Å². The number of nitrogens with two attached hydrogens (primary N) is 1. The number of aryl methyl sites for hydroxylation is 1. The fourth-order valence-corrected chi connectivity index (χ4v) is 3.44. The SMILES string of the molecule is COc1ccc(NC(=O)CSc2nc(N)c(NC(=O)c3ccc(C)cc3)c(=O)[nH]2)c(OC)c1. The number of rotatable bonds is 8. The van der Waals surface area contributed by atoms with Crippen molar-refractivity contribution in [1.29, 1.82) is 0 Å². The number of H-pyrrole nitrogens is 1. The lowest BCUT2D eigenvalue weighted by molar-refractivity contribution is -0.113. The van der Waals surface area contributed by atoms with Crippen LogP contribution in [0.4, 0.5) is 17.2 Å². The van der Waals surface area contributed by atoms with Crippen LogP contribution in [0.3, 0.4) is 0 Å². The summed E-state index contributed by atoms with van der Waals surface area (Å²) in [5.74, 6) is -0.00195. The Labute approximate surface area is 193 Å². The Balaban J connectivity index is 1.64. The van der Waals surface area contributed by atoms with Crippen LogP contribution in [0, 0.1) is 6.92 Å². The number of carbonyl (C=O) groups is 2. The van der Waals surface area contributed by atoms with Crippen LogP contribution in [0.5, 0.6) is 11.5 Å². The molecular formula is C22H23N5O5S. The van der Waals surface area contributed by atoms with Crippen LogP contribution >= 0.6 is 11.8 Å². The highest BCUT2D eigenvalue weighted by molar-refractivity contribution is 7.99. The van der Waals surface area contributed by atoms with E-state index < -0.39 is 11.5 Å². The van der Waals surface area contributed by atoms with E-state index in [1.54, 1.807) is 42.5 Å². The molecule has 10 nitrogen and oxygen atoms in total. The highest BCUT2D eigenvalue weighted by Gasteiger charge is 2.15. The van der Waals surface area contributed by atoms with Gasteiger partial charge in [-0.2, -0.15) is 0 Å². The third kappa shape index (κ3) is 6.04. The minimum atomic E-state index is -0.623. The molecule has 2 amide bonds. The normalized spacial score (nSPS) is 10.4. The van der Waals surface area contributed by atoms with Crippen molar-refractivity contribution in [2.24, 2.45) is 0 Å². The monoisotopic (exact) mass is 469 g/mol. The van der Waals surface area contributed by atoms with E-state index in [4.69, 9.17) is 15.2 Å². The lowest BCUT2D eigenvalue weighted by atomic mass is 10.1. The maximum Gasteiger partial charge on any atom is 0.277 e. The zero-order valence-electron chi connectivity index (χ0n) is 18.2. The Kier molecular flexibility index (Phi) is 7.57.